The second-order valence-corrected chi connectivity index (χ2v) is 7.13. The van der Waals surface area contributed by atoms with Gasteiger partial charge in [0, 0.05) is 36.1 Å². The summed E-state index contributed by atoms with van der Waals surface area (Å²) in [6.07, 6.45) is 5.59. The Kier molecular flexibility index (Phi) is 3.36. The van der Waals surface area contributed by atoms with E-state index in [4.69, 9.17) is 4.52 Å². The predicted molar refractivity (Wildman–Crippen MR) is 92.2 cm³/mol. The minimum absolute atomic E-state index is 0.161. The van der Waals surface area contributed by atoms with Crippen molar-refractivity contribution < 1.29 is 9.32 Å². The highest BCUT2D eigenvalue weighted by atomic mass is 16.5. The van der Waals surface area contributed by atoms with Crippen molar-refractivity contribution in [1.82, 2.24) is 20.0 Å². The molecular weight excluding hydrogens is 316 g/mol. The van der Waals surface area contributed by atoms with Gasteiger partial charge in [-0.2, -0.15) is 4.98 Å². The third-order valence-corrected chi connectivity index (χ3v) is 5.31. The van der Waals surface area contributed by atoms with Crippen LogP contribution in [0.3, 0.4) is 0 Å². The van der Waals surface area contributed by atoms with E-state index in [0.29, 0.717) is 24.8 Å². The number of benzene rings is 1. The maximum atomic E-state index is 12.7. The predicted octanol–water partition coefficient (Wildman–Crippen LogP) is 2.99. The molecule has 3 heterocycles. The smallest absolute Gasteiger partial charge is 0.231 e. The number of fused-ring (bicyclic) bond motifs is 1. The molecule has 0 bridgehead atoms. The summed E-state index contributed by atoms with van der Waals surface area (Å²) in [4.78, 5) is 22.4. The molecule has 128 valence electrons. The zero-order valence-electron chi connectivity index (χ0n) is 13.9. The molecule has 0 radical (unpaired) electrons. The van der Waals surface area contributed by atoms with Gasteiger partial charge in [0.25, 0.3) is 0 Å². The second-order valence-electron chi connectivity index (χ2n) is 7.13. The summed E-state index contributed by atoms with van der Waals surface area (Å²) in [5.74, 6) is 2.38. The molecule has 6 nitrogen and oxygen atoms in total. The van der Waals surface area contributed by atoms with Crippen LogP contribution in [0.5, 0.6) is 0 Å². The monoisotopic (exact) mass is 336 g/mol. The first-order valence-electron chi connectivity index (χ1n) is 8.94. The first-order valence-corrected chi connectivity index (χ1v) is 8.94. The molecule has 1 unspecified atom stereocenters. The Morgan fingerprint density at radius 3 is 3.00 bits per heavy atom. The number of nitrogens with one attached hydrogen (secondary N) is 1. The van der Waals surface area contributed by atoms with Crippen LogP contribution < -0.4 is 0 Å². The Bertz CT molecular complexity index is 924. The number of aromatic nitrogens is 3. The van der Waals surface area contributed by atoms with Crippen molar-refractivity contribution in [3.05, 3.63) is 47.7 Å². The minimum Gasteiger partial charge on any atom is -0.361 e. The molecule has 5 rings (SSSR count). The molecule has 1 N–H and O–H groups in total. The van der Waals surface area contributed by atoms with Gasteiger partial charge in [-0.3, -0.25) is 4.79 Å². The van der Waals surface area contributed by atoms with E-state index in [1.54, 1.807) is 0 Å². The molecule has 1 saturated heterocycles. The highest BCUT2D eigenvalue weighted by Gasteiger charge is 2.34. The molecule has 1 aliphatic carbocycles. The number of likely N-dealkylation sites (tertiary alicyclic amines) is 1. The van der Waals surface area contributed by atoms with Gasteiger partial charge >= 0.3 is 0 Å². The number of para-hydroxylation sites is 1. The molecule has 2 fully saturated rings. The van der Waals surface area contributed by atoms with Crippen molar-refractivity contribution in [2.75, 3.05) is 13.1 Å². The van der Waals surface area contributed by atoms with Crippen molar-refractivity contribution >= 4 is 16.8 Å². The number of carbonyl (C=O) groups is 1. The van der Waals surface area contributed by atoms with Crippen LogP contribution >= 0.6 is 0 Å². The van der Waals surface area contributed by atoms with Crippen molar-refractivity contribution in [1.29, 1.82) is 0 Å². The lowest BCUT2D eigenvalue weighted by atomic mass is 10.1. The van der Waals surface area contributed by atoms with Gasteiger partial charge in [-0.05, 0) is 30.9 Å². The van der Waals surface area contributed by atoms with Crippen LogP contribution in [0.4, 0.5) is 0 Å². The van der Waals surface area contributed by atoms with Crippen LogP contribution in [0.15, 0.2) is 35.0 Å². The topological polar surface area (TPSA) is 75.0 Å². The van der Waals surface area contributed by atoms with E-state index in [1.807, 2.05) is 29.3 Å². The fourth-order valence-corrected chi connectivity index (χ4v) is 3.66. The number of amides is 1. The second kappa shape index (κ2) is 5.72. The van der Waals surface area contributed by atoms with Crippen LogP contribution in [-0.4, -0.2) is 39.0 Å². The number of H-pyrrole nitrogens is 1. The molecular formula is C19H20N4O2. The van der Waals surface area contributed by atoms with Gasteiger partial charge in [0.15, 0.2) is 5.82 Å². The molecule has 6 heteroatoms. The van der Waals surface area contributed by atoms with E-state index < -0.39 is 0 Å². The van der Waals surface area contributed by atoms with E-state index in [1.165, 1.54) is 12.8 Å². The van der Waals surface area contributed by atoms with Gasteiger partial charge in [-0.1, -0.05) is 23.4 Å². The van der Waals surface area contributed by atoms with E-state index in [0.717, 1.165) is 35.3 Å². The highest BCUT2D eigenvalue weighted by molar-refractivity contribution is 5.89. The van der Waals surface area contributed by atoms with Crippen molar-refractivity contribution in [3.8, 4) is 0 Å². The molecule has 0 spiro atoms. The van der Waals surface area contributed by atoms with Crippen LogP contribution in [0.25, 0.3) is 10.9 Å². The van der Waals surface area contributed by atoms with Crippen molar-refractivity contribution in [2.45, 2.75) is 37.5 Å². The third-order valence-electron chi connectivity index (χ3n) is 5.31. The summed E-state index contributed by atoms with van der Waals surface area (Å²) in [6, 6.07) is 8.08. The number of rotatable bonds is 4. The summed E-state index contributed by atoms with van der Waals surface area (Å²) in [7, 11) is 0. The van der Waals surface area contributed by atoms with E-state index >= 15 is 0 Å². The van der Waals surface area contributed by atoms with Gasteiger partial charge in [0.05, 0.1) is 12.3 Å². The van der Waals surface area contributed by atoms with E-state index in [2.05, 4.69) is 21.2 Å². The Morgan fingerprint density at radius 2 is 2.12 bits per heavy atom. The van der Waals surface area contributed by atoms with Gasteiger partial charge in [-0.25, -0.2) is 0 Å². The quantitative estimate of drug-likeness (QED) is 0.795. The van der Waals surface area contributed by atoms with Crippen molar-refractivity contribution in [3.63, 3.8) is 0 Å². The summed E-state index contributed by atoms with van der Waals surface area (Å²) < 4.78 is 5.44. The molecule has 2 aromatic heterocycles. The van der Waals surface area contributed by atoms with Crippen LogP contribution in [0.2, 0.25) is 0 Å². The molecule has 25 heavy (non-hydrogen) atoms. The molecule has 2 aliphatic rings. The van der Waals surface area contributed by atoms with Gasteiger partial charge in [0.2, 0.25) is 11.8 Å². The summed E-state index contributed by atoms with van der Waals surface area (Å²) in [5, 5.41) is 5.22. The highest BCUT2D eigenvalue weighted by Crippen LogP contribution is 2.39. The number of hydrogen-bond donors (Lipinski definition) is 1. The summed E-state index contributed by atoms with van der Waals surface area (Å²) in [6.45, 7) is 1.43. The third kappa shape index (κ3) is 2.71. The largest absolute Gasteiger partial charge is 0.361 e. The average Bonchev–Trinajstić information content (AvgIpc) is 3.04. The molecule has 1 aromatic carbocycles. The average molecular weight is 336 g/mol. The normalized spacial score (nSPS) is 20.5. The number of carbonyl (C=O) groups excluding carboxylic acids is 1. The van der Waals surface area contributed by atoms with Crippen LogP contribution in [-0.2, 0) is 11.2 Å². The van der Waals surface area contributed by atoms with E-state index in [-0.39, 0.29) is 11.8 Å². The first kappa shape index (κ1) is 14.7. The van der Waals surface area contributed by atoms with Gasteiger partial charge < -0.3 is 14.4 Å². The Hall–Kier alpha value is -2.63. The molecule has 3 aromatic rings. The lowest BCUT2D eigenvalue weighted by Crippen LogP contribution is -2.29. The molecule has 1 saturated carbocycles. The van der Waals surface area contributed by atoms with E-state index in [9.17, 15) is 4.79 Å². The fourth-order valence-electron chi connectivity index (χ4n) is 3.66. The fraction of sp³-hybridized carbons (Fsp3) is 0.421. The Labute approximate surface area is 145 Å². The lowest BCUT2D eigenvalue weighted by molar-refractivity contribution is -0.129. The Balaban J connectivity index is 1.26. The number of hydrogen-bond acceptors (Lipinski definition) is 4. The zero-order valence-corrected chi connectivity index (χ0v) is 13.9. The summed E-state index contributed by atoms with van der Waals surface area (Å²) in [5.41, 5.74) is 2.13. The maximum absolute atomic E-state index is 12.7. The zero-order chi connectivity index (χ0) is 16.8. The van der Waals surface area contributed by atoms with Gasteiger partial charge in [-0.15, -0.1) is 0 Å². The van der Waals surface area contributed by atoms with Gasteiger partial charge in [0.1, 0.15) is 0 Å². The minimum atomic E-state index is 0.161. The standard InChI is InChI=1S/C19H20N4O2/c24-17(9-14-10-20-16-4-2-1-3-15(14)16)23-8-7-13(11-23)19-21-18(22-25-19)12-5-6-12/h1-4,10,12-13,20H,5-9,11H2. The van der Waals surface area contributed by atoms with Crippen LogP contribution in [0.1, 0.15) is 48.4 Å². The number of aromatic amines is 1. The number of nitrogens with zero attached hydrogens (tertiary/aromatic N) is 3. The molecule has 1 amide bonds. The molecule has 1 aliphatic heterocycles. The first-order chi connectivity index (χ1) is 12.3. The SMILES string of the molecule is O=C(Cc1c[nH]c2ccccc12)N1CCC(c2nc(C3CC3)no2)C1. The summed E-state index contributed by atoms with van der Waals surface area (Å²) >= 11 is 0. The van der Waals surface area contributed by atoms with Crippen molar-refractivity contribution in [2.24, 2.45) is 0 Å². The maximum Gasteiger partial charge on any atom is 0.231 e. The lowest BCUT2D eigenvalue weighted by Gasteiger charge is -2.15. The Morgan fingerprint density at radius 1 is 1.24 bits per heavy atom. The van der Waals surface area contributed by atoms with Crippen LogP contribution in [0, 0.1) is 0 Å². The molecule has 1 atom stereocenters.